The maximum atomic E-state index is 12.3. The summed E-state index contributed by atoms with van der Waals surface area (Å²) >= 11 is 0. The number of amides is 1. The Labute approximate surface area is 108 Å². The Balaban J connectivity index is 2.06. The fourth-order valence-electron chi connectivity index (χ4n) is 1.97. The van der Waals surface area contributed by atoms with Crippen LogP contribution in [0.3, 0.4) is 0 Å². The van der Waals surface area contributed by atoms with Crippen molar-refractivity contribution in [3.05, 3.63) is 28.9 Å². The predicted molar refractivity (Wildman–Crippen MR) is 66.5 cm³/mol. The van der Waals surface area contributed by atoms with Crippen molar-refractivity contribution >= 4 is 5.91 Å². The first kappa shape index (κ1) is 11.8. The van der Waals surface area contributed by atoms with E-state index in [0.717, 1.165) is 12.8 Å². The van der Waals surface area contributed by atoms with Gasteiger partial charge in [-0.15, -0.1) is 5.10 Å². The summed E-state index contributed by atoms with van der Waals surface area (Å²) in [4.78, 5) is 23.6. The Hall–Kier alpha value is -2.31. The minimum Gasteiger partial charge on any atom is -0.461 e. The van der Waals surface area contributed by atoms with Crippen molar-refractivity contribution in [2.24, 2.45) is 0 Å². The van der Waals surface area contributed by atoms with Gasteiger partial charge < -0.3 is 9.73 Å². The van der Waals surface area contributed by atoms with Crippen LogP contribution < -0.4 is 11.0 Å². The topological polar surface area (TPSA) is 82.1 Å². The normalized spacial score (nSPS) is 14.6. The molecule has 0 aromatic carbocycles. The molecule has 7 nitrogen and oxygen atoms in total. The third-order valence-corrected chi connectivity index (χ3v) is 3.10. The summed E-state index contributed by atoms with van der Waals surface area (Å²) in [7, 11) is 1.53. The first-order valence-electron chi connectivity index (χ1n) is 6.14. The minimum atomic E-state index is -0.266. The van der Waals surface area contributed by atoms with E-state index in [9.17, 15) is 9.59 Å². The molecule has 0 bridgehead atoms. The highest BCUT2D eigenvalue weighted by Crippen LogP contribution is 2.36. The van der Waals surface area contributed by atoms with Gasteiger partial charge in [0.15, 0.2) is 5.76 Å². The number of likely N-dealkylation sites (N-methyl/N-ethyl adjacent to an activating group) is 1. The van der Waals surface area contributed by atoms with Crippen LogP contribution in [-0.2, 0) is 11.3 Å². The summed E-state index contributed by atoms with van der Waals surface area (Å²) in [6, 6.07) is 3.67. The van der Waals surface area contributed by atoms with E-state index in [2.05, 4.69) is 10.4 Å². The number of nitrogens with zero attached hydrogens (tertiary/aromatic N) is 3. The van der Waals surface area contributed by atoms with Gasteiger partial charge in [-0.3, -0.25) is 9.36 Å². The first-order chi connectivity index (χ1) is 9.20. The molecule has 1 aliphatic carbocycles. The average molecular weight is 262 g/mol. The Bertz CT molecular complexity index is 649. The summed E-state index contributed by atoms with van der Waals surface area (Å²) in [5.74, 6) is 0.773. The van der Waals surface area contributed by atoms with Crippen LogP contribution in [0.1, 0.15) is 18.9 Å². The monoisotopic (exact) mass is 262 g/mol. The number of aromatic nitrogens is 3. The second-order valence-electron chi connectivity index (χ2n) is 4.52. The van der Waals surface area contributed by atoms with Crippen molar-refractivity contribution in [1.82, 2.24) is 19.7 Å². The first-order valence-corrected chi connectivity index (χ1v) is 6.14. The van der Waals surface area contributed by atoms with Gasteiger partial charge in [0.2, 0.25) is 11.7 Å². The van der Waals surface area contributed by atoms with E-state index in [1.54, 1.807) is 16.7 Å². The molecule has 1 N–H and O–H groups in total. The maximum Gasteiger partial charge on any atom is 0.347 e. The molecular formula is C12H14N4O3. The zero-order valence-electron chi connectivity index (χ0n) is 10.5. The van der Waals surface area contributed by atoms with Gasteiger partial charge in [0.1, 0.15) is 6.54 Å². The lowest BCUT2D eigenvalue weighted by molar-refractivity contribution is -0.121. The molecule has 19 heavy (non-hydrogen) atoms. The Kier molecular flexibility index (Phi) is 2.73. The van der Waals surface area contributed by atoms with Crippen LogP contribution in [0, 0.1) is 0 Å². The Morgan fingerprint density at radius 1 is 1.58 bits per heavy atom. The molecule has 1 amide bonds. The molecule has 100 valence electrons. The summed E-state index contributed by atoms with van der Waals surface area (Å²) in [5, 5.41) is 6.69. The summed E-state index contributed by atoms with van der Waals surface area (Å²) in [6.45, 7) is -0.0806. The van der Waals surface area contributed by atoms with Crippen molar-refractivity contribution in [1.29, 1.82) is 0 Å². The van der Waals surface area contributed by atoms with E-state index < -0.39 is 0 Å². The highest BCUT2D eigenvalue weighted by atomic mass is 16.3. The van der Waals surface area contributed by atoms with Gasteiger partial charge >= 0.3 is 5.69 Å². The molecule has 0 saturated heterocycles. The van der Waals surface area contributed by atoms with E-state index in [4.69, 9.17) is 4.42 Å². The fraction of sp³-hybridized carbons (Fsp3) is 0.417. The van der Waals surface area contributed by atoms with E-state index in [1.807, 2.05) is 0 Å². The highest BCUT2D eigenvalue weighted by molar-refractivity contribution is 5.75. The number of furan rings is 1. The number of hydrogen-bond acceptors (Lipinski definition) is 4. The fourth-order valence-corrected chi connectivity index (χ4v) is 1.97. The molecule has 1 saturated carbocycles. The third kappa shape index (κ3) is 2.07. The van der Waals surface area contributed by atoms with E-state index in [-0.39, 0.29) is 24.2 Å². The van der Waals surface area contributed by atoms with Gasteiger partial charge in [0.05, 0.1) is 6.26 Å². The molecule has 1 fully saturated rings. The second-order valence-corrected chi connectivity index (χ2v) is 4.52. The quantitative estimate of drug-likeness (QED) is 0.863. The molecule has 2 aromatic heterocycles. The lowest BCUT2D eigenvalue weighted by atomic mass is 10.4. The highest BCUT2D eigenvalue weighted by Gasteiger charge is 2.31. The van der Waals surface area contributed by atoms with Gasteiger partial charge in [0.25, 0.3) is 0 Å². The van der Waals surface area contributed by atoms with Gasteiger partial charge in [-0.1, -0.05) is 0 Å². The van der Waals surface area contributed by atoms with Crippen LogP contribution in [0.4, 0.5) is 0 Å². The van der Waals surface area contributed by atoms with Crippen LogP contribution in [-0.4, -0.2) is 27.3 Å². The Morgan fingerprint density at radius 3 is 2.95 bits per heavy atom. The van der Waals surface area contributed by atoms with E-state index >= 15 is 0 Å². The number of nitrogens with one attached hydrogen (secondary N) is 1. The standard InChI is InChI=1S/C12H14N4O3/c1-13-10(17)7-15-12(18)16(8-4-5-8)11(14-15)9-3-2-6-19-9/h2-3,6,8H,4-5,7H2,1H3,(H,13,17). The molecule has 0 spiro atoms. The number of carbonyl (C=O) groups is 1. The van der Waals surface area contributed by atoms with Crippen LogP contribution in [0.15, 0.2) is 27.6 Å². The second kappa shape index (κ2) is 4.42. The molecule has 0 unspecified atom stereocenters. The lowest BCUT2D eigenvalue weighted by Crippen LogP contribution is -2.31. The summed E-state index contributed by atoms with van der Waals surface area (Å²) in [6.07, 6.45) is 3.45. The van der Waals surface area contributed by atoms with Crippen LogP contribution in [0.2, 0.25) is 0 Å². The van der Waals surface area contributed by atoms with Crippen molar-refractivity contribution in [3.8, 4) is 11.6 Å². The van der Waals surface area contributed by atoms with Crippen LogP contribution in [0.5, 0.6) is 0 Å². The molecule has 2 aromatic rings. The van der Waals surface area contributed by atoms with Gasteiger partial charge in [0, 0.05) is 13.1 Å². The number of hydrogen-bond donors (Lipinski definition) is 1. The van der Waals surface area contributed by atoms with Crippen molar-refractivity contribution in [3.63, 3.8) is 0 Å². The van der Waals surface area contributed by atoms with Gasteiger partial charge in [-0.2, -0.15) is 0 Å². The molecule has 0 radical (unpaired) electrons. The zero-order chi connectivity index (χ0) is 13.4. The number of rotatable bonds is 4. The summed E-state index contributed by atoms with van der Waals surface area (Å²) < 4.78 is 8.09. The summed E-state index contributed by atoms with van der Waals surface area (Å²) in [5.41, 5.74) is -0.266. The third-order valence-electron chi connectivity index (χ3n) is 3.10. The van der Waals surface area contributed by atoms with Crippen LogP contribution in [0.25, 0.3) is 11.6 Å². The van der Waals surface area contributed by atoms with Crippen molar-refractivity contribution in [2.75, 3.05) is 7.05 Å². The smallest absolute Gasteiger partial charge is 0.347 e. The van der Waals surface area contributed by atoms with Crippen molar-refractivity contribution in [2.45, 2.75) is 25.4 Å². The molecule has 0 aliphatic heterocycles. The van der Waals surface area contributed by atoms with E-state index in [1.165, 1.54) is 18.0 Å². The molecule has 2 heterocycles. The van der Waals surface area contributed by atoms with E-state index in [0.29, 0.717) is 11.6 Å². The average Bonchev–Trinajstić information content (AvgIpc) is 2.99. The molecule has 1 aliphatic rings. The largest absolute Gasteiger partial charge is 0.461 e. The Morgan fingerprint density at radius 2 is 2.37 bits per heavy atom. The van der Waals surface area contributed by atoms with Crippen LogP contribution >= 0.6 is 0 Å². The molecular weight excluding hydrogens is 248 g/mol. The predicted octanol–water partition coefficient (Wildman–Crippen LogP) is 0.386. The molecule has 3 rings (SSSR count). The van der Waals surface area contributed by atoms with Crippen molar-refractivity contribution < 1.29 is 9.21 Å². The molecule has 7 heteroatoms. The zero-order valence-corrected chi connectivity index (χ0v) is 10.5. The number of carbonyl (C=O) groups excluding carboxylic acids is 1. The minimum absolute atomic E-state index is 0.0806. The maximum absolute atomic E-state index is 12.3. The van der Waals surface area contributed by atoms with Gasteiger partial charge in [-0.05, 0) is 25.0 Å². The molecule has 0 atom stereocenters. The van der Waals surface area contributed by atoms with Gasteiger partial charge in [-0.25, -0.2) is 9.48 Å². The lowest BCUT2D eigenvalue weighted by Gasteiger charge is -1.99. The SMILES string of the molecule is CNC(=O)Cn1nc(-c2ccco2)n(C2CC2)c1=O.